The zero-order valence-corrected chi connectivity index (χ0v) is 12.3. The van der Waals surface area contributed by atoms with Crippen molar-refractivity contribution in [3.05, 3.63) is 0 Å². The lowest BCUT2D eigenvalue weighted by molar-refractivity contribution is 0.145. The Balaban J connectivity index is 1.68. The van der Waals surface area contributed by atoms with E-state index < -0.39 is 0 Å². The van der Waals surface area contributed by atoms with Crippen molar-refractivity contribution in [2.45, 2.75) is 62.8 Å². The molecular formula is C14H28N2S. The second-order valence-electron chi connectivity index (χ2n) is 5.59. The maximum absolute atomic E-state index is 3.67. The smallest absolute Gasteiger partial charge is 0.0106 e. The summed E-state index contributed by atoms with van der Waals surface area (Å²) >= 11 is 2.07. The van der Waals surface area contributed by atoms with Gasteiger partial charge in [0.15, 0.2) is 0 Å². The highest BCUT2D eigenvalue weighted by Crippen LogP contribution is 2.32. The first-order valence-electron chi connectivity index (χ1n) is 7.33. The van der Waals surface area contributed by atoms with Crippen LogP contribution in [0.25, 0.3) is 0 Å². The quantitative estimate of drug-likeness (QED) is 0.814. The fourth-order valence-electron chi connectivity index (χ4n) is 3.28. The molecule has 0 aromatic carbocycles. The van der Waals surface area contributed by atoms with E-state index in [1.807, 2.05) is 0 Å². The lowest BCUT2D eigenvalue weighted by Crippen LogP contribution is -2.46. The first-order valence-corrected chi connectivity index (χ1v) is 8.62. The minimum Gasteiger partial charge on any atom is -0.314 e. The number of nitrogens with one attached hydrogen (secondary N) is 1. The van der Waals surface area contributed by atoms with Crippen LogP contribution in [0.2, 0.25) is 0 Å². The fourth-order valence-corrected chi connectivity index (χ4v) is 4.07. The van der Waals surface area contributed by atoms with E-state index in [0.717, 1.165) is 17.3 Å². The lowest BCUT2D eigenvalue weighted by Gasteiger charge is -2.36. The van der Waals surface area contributed by atoms with Crippen LogP contribution in [-0.2, 0) is 0 Å². The minimum atomic E-state index is 0.795. The normalized spacial score (nSPS) is 32.1. The zero-order chi connectivity index (χ0) is 12.1. The predicted molar refractivity (Wildman–Crippen MR) is 77.8 cm³/mol. The minimum absolute atomic E-state index is 0.795. The molecule has 0 aromatic heterocycles. The molecule has 100 valence electrons. The van der Waals surface area contributed by atoms with Crippen molar-refractivity contribution in [1.29, 1.82) is 0 Å². The summed E-state index contributed by atoms with van der Waals surface area (Å²) < 4.78 is 0. The predicted octanol–water partition coefficient (Wildman–Crippen LogP) is 2.73. The molecule has 1 N–H and O–H groups in total. The van der Waals surface area contributed by atoms with Gasteiger partial charge in [-0.1, -0.05) is 6.92 Å². The molecule has 2 aliphatic rings. The second kappa shape index (κ2) is 7.01. The fraction of sp³-hybridized carbons (Fsp3) is 1.00. The van der Waals surface area contributed by atoms with Crippen molar-refractivity contribution in [3.8, 4) is 0 Å². The molecule has 0 radical (unpaired) electrons. The molecule has 0 amide bonds. The van der Waals surface area contributed by atoms with Gasteiger partial charge in [0.25, 0.3) is 0 Å². The summed E-state index contributed by atoms with van der Waals surface area (Å²) in [5.41, 5.74) is 0. The van der Waals surface area contributed by atoms with Crippen LogP contribution in [0.15, 0.2) is 0 Å². The third-order valence-electron chi connectivity index (χ3n) is 4.42. The van der Waals surface area contributed by atoms with E-state index in [1.165, 1.54) is 58.2 Å². The standard InChI is InChI=1S/C14H28N2S/c1-3-8-15-12-6-9-16(10-7-12)13-4-5-14(11-13)17-2/h12-15H,3-11H2,1-2H3. The number of piperidine rings is 1. The van der Waals surface area contributed by atoms with E-state index in [2.05, 4.69) is 35.2 Å². The van der Waals surface area contributed by atoms with Crippen LogP contribution in [0.1, 0.15) is 45.4 Å². The van der Waals surface area contributed by atoms with E-state index in [4.69, 9.17) is 0 Å². The second-order valence-corrected chi connectivity index (χ2v) is 6.73. The third kappa shape index (κ3) is 3.87. The molecule has 1 saturated carbocycles. The van der Waals surface area contributed by atoms with E-state index in [1.54, 1.807) is 0 Å². The summed E-state index contributed by atoms with van der Waals surface area (Å²) in [6.07, 6.45) is 10.6. The number of likely N-dealkylation sites (tertiary alicyclic amines) is 1. The molecule has 1 saturated heterocycles. The monoisotopic (exact) mass is 256 g/mol. The molecule has 1 heterocycles. The molecular weight excluding hydrogens is 228 g/mol. The highest BCUT2D eigenvalue weighted by Gasteiger charge is 2.30. The SMILES string of the molecule is CCCNC1CCN(C2CCC(SC)C2)CC1. The Morgan fingerprint density at radius 2 is 1.94 bits per heavy atom. The van der Waals surface area contributed by atoms with Gasteiger partial charge in [0, 0.05) is 17.3 Å². The van der Waals surface area contributed by atoms with Crippen LogP contribution in [0.3, 0.4) is 0 Å². The molecule has 1 aliphatic carbocycles. The van der Waals surface area contributed by atoms with Gasteiger partial charge >= 0.3 is 0 Å². The Morgan fingerprint density at radius 3 is 2.53 bits per heavy atom. The Bertz CT molecular complexity index is 214. The van der Waals surface area contributed by atoms with E-state index >= 15 is 0 Å². The number of hydrogen-bond acceptors (Lipinski definition) is 3. The molecule has 0 aromatic rings. The van der Waals surface area contributed by atoms with Gasteiger partial charge < -0.3 is 10.2 Å². The highest BCUT2D eigenvalue weighted by atomic mass is 32.2. The number of rotatable bonds is 5. The van der Waals surface area contributed by atoms with Crippen molar-refractivity contribution in [3.63, 3.8) is 0 Å². The first kappa shape index (κ1) is 13.7. The van der Waals surface area contributed by atoms with E-state index in [9.17, 15) is 0 Å². The van der Waals surface area contributed by atoms with Gasteiger partial charge in [0.05, 0.1) is 0 Å². The molecule has 0 bridgehead atoms. The Hall–Kier alpha value is 0.270. The lowest BCUT2D eigenvalue weighted by atomic mass is 10.0. The van der Waals surface area contributed by atoms with Crippen LogP contribution in [0.4, 0.5) is 0 Å². The summed E-state index contributed by atoms with van der Waals surface area (Å²) in [5.74, 6) is 0. The van der Waals surface area contributed by atoms with E-state index in [-0.39, 0.29) is 0 Å². The maximum atomic E-state index is 3.67. The first-order chi connectivity index (χ1) is 8.33. The van der Waals surface area contributed by atoms with Crippen LogP contribution in [0.5, 0.6) is 0 Å². The molecule has 0 spiro atoms. The summed E-state index contributed by atoms with van der Waals surface area (Å²) in [5, 5.41) is 4.61. The Kier molecular flexibility index (Phi) is 5.64. The van der Waals surface area contributed by atoms with E-state index in [0.29, 0.717) is 0 Å². The van der Waals surface area contributed by atoms with Gasteiger partial charge in [-0.15, -0.1) is 0 Å². The Morgan fingerprint density at radius 1 is 1.18 bits per heavy atom. The van der Waals surface area contributed by atoms with Crippen LogP contribution in [-0.4, -0.2) is 48.1 Å². The highest BCUT2D eigenvalue weighted by molar-refractivity contribution is 7.99. The van der Waals surface area contributed by atoms with Gasteiger partial charge in [-0.3, -0.25) is 0 Å². The van der Waals surface area contributed by atoms with Crippen molar-refractivity contribution < 1.29 is 0 Å². The molecule has 2 nitrogen and oxygen atoms in total. The van der Waals surface area contributed by atoms with Crippen molar-refractivity contribution in [1.82, 2.24) is 10.2 Å². The largest absolute Gasteiger partial charge is 0.314 e. The van der Waals surface area contributed by atoms with Crippen molar-refractivity contribution in [2.75, 3.05) is 25.9 Å². The summed E-state index contributed by atoms with van der Waals surface area (Å²) in [4.78, 5) is 2.76. The topological polar surface area (TPSA) is 15.3 Å². The molecule has 3 heteroatoms. The number of nitrogens with zero attached hydrogens (tertiary/aromatic N) is 1. The molecule has 1 aliphatic heterocycles. The number of thioether (sulfide) groups is 1. The summed E-state index contributed by atoms with van der Waals surface area (Å²) in [6.45, 7) is 6.10. The van der Waals surface area contributed by atoms with Gasteiger partial charge in [-0.25, -0.2) is 0 Å². The van der Waals surface area contributed by atoms with Gasteiger partial charge in [0.2, 0.25) is 0 Å². The molecule has 17 heavy (non-hydrogen) atoms. The third-order valence-corrected chi connectivity index (χ3v) is 5.51. The average molecular weight is 256 g/mol. The van der Waals surface area contributed by atoms with Crippen LogP contribution < -0.4 is 5.32 Å². The van der Waals surface area contributed by atoms with Gasteiger partial charge in [-0.05, 0) is 64.4 Å². The van der Waals surface area contributed by atoms with Crippen LogP contribution >= 0.6 is 11.8 Å². The summed E-state index contributed by atoms with van der Waals surface area (Å²) in [7, 11) is 0. The van der Waals surface area contributed by atoms with Crippen molar-refractivity contribution in [2.24, 2.45) is 0 Å². The average Bonchev–Trinajstić information content (AvgIpc) is 2.86. The molecule has 2 rings (SSSR count). The Labute approximate surface area is 111 Å². The van der Waals surface area contributed by atoms with Crippen LogP contribution in [0, 0.1) is 0 Å². The summed E-state index contributed by atoms with van der Waals surface area (Å²) in [6, 6.07) is 1.70. The molecule has 2 atom stereocenters. The molecule has 2 fully saturated rings. The molecule has 2 unspecified atom stereocenters. The van der Waals surface area contributed by atoms with Gasteiger partial charge in [-0.2, -0.15) is 11.8 Å². The number of hydrogen-bond donors (Lipinski definition) is 1. The van der Waals surface area contributed by atoms with Crippen molar-refractivity contribution >= 4 is 11.8 Å². The maximum Gasteiger partial charge on any atom is 0.0106 e. The zero-order valence-electron chi connectivity index (χ0n) is 11.5. The van der Waals surface area contributed by atoms with Gasteiger partial charge in [0.1, 0.15) is 0 Å².